The predicted molar refractivity (Wildman–Crippen MR) is 71.3 cm³/mol. The van der Waals surface area contributed by atoms with Crippen molar-refractivity contribution in [3.63, 3.8) is 0 Å². The van der Waals surface area contributed by atoms with E-state index in [9.17, 15) is 4.79 Å². The summed E-state index contributed by atoms with van der Waals surface area (Å²) in [4.78, 5) is 15.0. The molecule has 0 aliphatic carbocycles. The van der Waals surface area contributed by atoms with E-state index in [-0.39, 0.29) is 5.76 Å². The van der Waals surface area contributed by atoms with Gasteiger partial charge in [-0.15, -0.1) is 0 Å². The molecule has 1 aromatic heterocycles. The summed E-state index contributed by atoms with van der Waals surface area (Å²) in [5.41, 5.74) is 0. The first-order valence-corrected chi connectivity index (χ1v) is 6.13. The first kappa shape index (κ1) is 14.6. The number of carbonyl (C=O) groups is 1. The van der Waals surface area contributed by atoms with E-state index in [0.29, 0.717) is 11.8 Å². The molecule has 5 nitrogen and oxygen atoms in total. The number of aromatic carboxylic acids is 1. The van der Waals surface area contributed by atoms with E-state index in [1.807, 2.05) is 14.1 Å². The number of hydrogen-bond acceptors (Lipinski definition) is 4. The quantitative estimate of drug-likeness (QED) is 0.806. The summed E-state index contributed by atoms with van der Waals surface area (Å²) in [6.07, 6.45) is 0. The third-order valence-electron chi connectivity index (χ3n) is 2.52. The van der Waals surface area contributed by atoms with Crippen LogP contribution in [0.3, 0.4) is 0 Å². The molecule has 0 unspecified atom stereocenters. The van der Waals surface area contributed by atoms with Crippen molar-refractivity contribution in [2.24, 2.45) is 5.92 Å². The van der Waals surface area contributed by atoms with Gasteiger partial charge in [0, 0.05) is 25.7 Å². The van der Waals surface area contributed by atoms with Crippen LogP contribution in [-0.2, 0) is 0 Å². The number of anilines is 1. The molecular formula is C13H22N2O3. The van der Waals surface area contributed by atoms with Gasteiger partial charge in [0.15, 0.2) is 5.88 Å². The molecule has 0 saturated heterocycles. The molecule has 0 aliphatic heterocycles. The van der Waals surface area contributed by atoms with E-state index in [0.717, 1.165) is 19.6 Å². The third-order valence-corrected chi connectivity index (χ3v) is 2.52. The minimum absolute atomic E-state index is 0.0105. The second-order valence-corrected chi connectivity index (χ2v) is 5.09. The van der Waals surface area contributed by atoms with Crippen LogP contribution in [0.25, 0.3) is 0 Å². The van der Waals surface area contributed by atoms with Crippen molar-refractivity contribution in [1.29, 1.82) is 0 Å². The van der Waals surface area contributed by atoms with E-state index >= 15 is 0 Å². The predicted octanol–water partition coefficient (Wildman–Crippen LogP) is 2.00. The molecule has 0 aromatic carbocycles. The van der Waals surface area contributed by atoms with Gasteiger partial charge in [-0.1, -0.05) is 13.8 Å². The summed E-state index contributed by atoms with van der Waals surface area (Å²) >= 11 is 0. The van der Waals surface area contributed by atoms with E-state index in [1.165, 1.54) is 6.07 Å². The van der Waals surface area contributed by atoms with Crippen molar-refractivity contribution in [3.05, 3.63) is 17.9 Å². The summed E-state index contributed by atoms with van der Waals surface area (Å²) in [6.45, 7) is 6.82. The second-order valence-electron chi connectivity index (χ2n) is 5.09. The topological polar surface area (TPSA) is 56.9 Å². The molecule has 18 heavy (non-hydrogen) atoms. The minimum atomic E-state index is -1.03. The van der Waals surface area contributed by atoms with Gasteiger partial charge >= 0.3 is 5.97 Å². The van der Waals surface area contributed by atoms with Gasteiger partial charge in [-0.3, -0.25) is 0 Å². The lowest BCUT2D eigenvalue weighted by molar-refractivity contribution is 0.0663. The Morgan fingerprint density at radius 2 is 2.00 bits per heavy atom. The summed E-state index contributed by atoms with van der Waals surface area (Å²) < 4.78 is 5.35. The Hall–Kier alpha value is -1.49. The number of nitrogens with zero attached hydrogens (tertiary/aromatic N) is 2. The van der Waals surface area contributed by atoms with Crippen LogP contribution in [0.15, 0.2) is 16.5 Å². The Morgan fingerprint density at radius 1 is 1.33 bits per heavy atom. The van der Waals surface area contributed by atoms with Crippen LogP contribution < -0.4 is 4.90 Å². The minimum Gasteiger partial charge on any atom is -0.475 e. The van der Waals surface area contributed by atoms with Crippen molar-refractivity contribution in [2.75, 3.05) is 38.6 Å². The van der Waals surface area contributed by atoms with Gasteiger partial charge in [-0.05, 0) is 26.1 Å². The molecule has 0 saturated carbocycles. The Morgan fingerprint density at radius 3 is 2.44 bits per heavy atom. The zero-order valence-corrected chi connectivity index (χ0v) is 11.5. The molecule has 0 amide bonds. The lowest BCUT2D eigenvalue weighted by Gasteiger charge is -2.25. The second kappa shape index (κ2) is 6.44. The van der Waals surface area contributed by atoms with Crippen LogP contribution in [-0.4, -0.2) is 49.7 Å². The van der Waals surface area contributed by atoms with E-state index in [1.54, 1.807) is 6.07 Å². The molecule has 0 bridgehead atoms. The summed E-state index contributed by atoms with van der Waals surface area (Å²) in [6, 6.07) is 3.22. The van der Waals surface area contributed by atoms with Crippen molar-refractivity contribution < 1.29 is 14.3 Å². The summed E-state index contributed by atoms with van der Waals surface area (Å²) in [5, 5.41) is 8.86. The largest absolute Gasteiger partial charge is 0.475 e. The van der Waals surface area contributed by atoms with Crippen molar-refractivity contribution in [2.45, 2.75) is 13.8 Å². The molecule has 0 fully saturated rings. The van der Waals surface area contributed by atoms with Crippen LogP contribution in [0.5, 0.6) is 0 Å². The normalized spacial score (nSPS) is 11.2. The van der Waals surface area contributed by atoms with Gasteiger partial charge in [0.1, 0.15) is 0 Å². The fourth-order valence-electron chi connectivity index (χ4n) is 1.67. The van der Waals surface area contributed by atoms with Gasteiger partial charge in [0.25, 0.3) is 0 Å². The Balaban J connectivity index is 2.76. The molecule has 1 aromatic rings. The van der Waals surface area contributed by atoms with Gasteiger partial charge in [0.2, 0.25) is 5.76 Å². The summed E-state index contributed by atoms with van der Waals surface area (Å²) in [5.74, 6) is 0.0791. The first-order valence-electron chi connectivity index (χ1n) is 6.13. The van der Waals surface area contributed by atoms with Crippen LogP contribution in [0.4, 0.5) is 5.88 Å². The molecule has 102 valence electrons. The number of hydrogen-bond donors (Lipinski definition) is 1. The maximum atomic E-state index is 10.8. The Labute approximate surface area is 108 Å². The number of rotatable bonds is 7. The highest BCUT2D eigenvalue weighted by Crippen LogP contribution is 2.19. The van der Waals surface area contributed by atoms with Gasteiger partial charge in [-0.25, -0.2) is 4.79 Å². The average molecular weight is 254 g/mol. The van der Waals surface area contributed by atoms with E-state index < -0.39 is 5.97 Å². The highest BCUT2D eigenvalue weighted by atomic mass is 16.4. The van der Waals surface area contributed by atoms with Crippen LogP contribution in [0, 0.1) is 5.92 Å². The zero-order valence-electron chi connectivity index (χ0n) is 11.5. The fraction of sp³-hybridized carbons (Fsp3) is 0.615. The molecule has 0 radical (unpaired) electrons. The maximum absolute atomic E-state index is 10.8. The molecule has 1 heterocycles. The molecule has 0 spiro atoms. The third kappa shape index (κ3) is 4.41. The SMILES string of the molecule is CC(C)CN(CCN(C)C)c1ccc(C(=O)O)o1. The van der Waals surface area contributed by atoms with Crippen molar-refractivity contribution in [1.82, 2.24) is 4.90 Å². The number of furan rings is 1. The maximum Gasteiger partial charge on any atom is 0.371 e. The summed E-state index contributed by atoms with van der Waals surface area (Å²) in [7, 11) is 4.02. The monoisotopic (exact) mass is 254 g/mol. The average Bonchev–Trinajstić information content (AvgIpc) is 2.72. The Kier molecular flexibility index (Phi) is 5.22. The standard InChI is InChI=1S/C13H22N2O3/c1-10(2)9-15(8-7-14(3)4)12-6-5-11(18-12)13(16)17/h5-6,10H,7-9H2,1-4H3,(H,16,17). The van der Waals surface area contributed by atoms with E-state index in [2.05, 4.69) is 23.6 Å². The van der Waals surface area contributed by atoms with Gasteiger partial charge in [-0.2, -0.15) is 0 Å². The number of carboxylic acid groups (broad SMARTS) is 1. The number of carboxylic acids is 1. The van der Waals surface area contributed by atoms with Crippen LogP contribution >= 0.6 is 0 Å². The molecular weight excluding hydrogens is 232 g/mol. The number of likely N-dealkylation sites (N-methyl/N-ethyl adjacent to an activating group) is 1. The molecule has 0 atom stereocenters. The van der Waals surface area contributed by atoms with E-state index in [4.69, 9.17) is 9.52 Å². The molecule has 1 N–H and O–H groups in total. The molecule has 0 aliphatic rings. The smallest absolute Gasteiger partial charge is 0.371 e. The highest BCUT2D eigenvalue weighted by molar-refractivity contribution is 5.84. The van der Waals surface area contributed by atoms with Crippen molar-refractivity contribution in [3.8, 4) is 0 Å². The highest BCUT2D eigenvalue weighted by Gasteiger charge is 2.15. The van der Waals surface area contributed by atoms with Crippen molar-refractivity contribution >= 4 is 11.9 Å². The van der Waals surface area contributed by atoms with Crippen LogP contribution in [0.2, 0.25) is 0 Å². The molecule has 5 heteroatoms. The fourth-order valence-corrected chi connectivity index (χ4v) is 1.67. The lowest BCUT2D eigenvalue weighted by Crippen LogP contribution is -2.34. The lowest BCUT2D eigenvalue weighted by atomic mass is 10.2. The van der Waals surface area contributed by atoms with Gasteiger partial charge < -0.3 is 19.3 Å². The zero-order chi connectivity index (χ0) is 13.7. The van der Waals surface area contributed by atoms with Gasteiger partial charge in [0.05, 0.1) is 0 Å². The first-order chi connectivity index (χ1) is 8.40. The van der Waals surface area contributed by atoms with Crippen LogP contribution in [0.1, 0.15) is 24.4 Å². The Bertz CT molecular complexity index is 385. The molecule has 1 rings (SSSR count).